The van der Waals surface area contributed by atoms with Crippen LogP contribution in [0.25, 0.3) is 10.9 Å². The number of benzene rings is 2. The number of esters is 1. The van der Waals surface area contributed by atoms with E-state index < -0.39 is 5.97 Å². The van der Waals surface area contributed by atoms with Crippen LogP contribution in [-0.4, -0.2) is 25.2 Å². The van der Waals surface area contributed by atoms with E-state index in [1.54, 1.807) is 18.2 Å². The summed E-state index contributed by atoms with van der Waals surface area (Å²) in [4.78, 5) is 17.1. The van der Waals surface area contributed by atoms with Gasteiger partial charge in [0.25, 0.3) is 0 Å². The molecule has 0 fully saturated rings. The van der Waals surface area contributed by atoms with Crippen LogP contribution in [0.5, 0.6) is 17.2 Å². The van der Waals surface area contributed by atoms with Gasteiger partial charge in [0.1, 0.15) is 17.0 Å². The number of pyridine rings is 1. The molecule has 0 unspecified atom stereocenters. The number of aromatic nitrogens is 1. The highest BCUT2D eigenvalue weighted by Crippen LogP contribution is 2.38. The standard InChI is InChI=1S/C19H15Cl2NO4/c1-10-4-5-14-15(20)9-16(21)18(17(14)22-10)26-19(23)11-6-12(24-2)8-13(7-11)25-3/h4-9H,1-3H3. The number of aryl methyl sites for hydroxylation is 1. The summed E-state index contributed by atoms with van der Waals surface area (Å²) in [7, 11) is 3.00. The first-order valence-electron chi connectivity index (χ1n) is 7.63. The lowest BCUT2D eigenvalue weighted by Gasteiger charge is -2.12. The van der Waals surface area contributed by atoms with Gasteiger partial charge in [0.05, 0.1) is 29.8 Å². The van der Waals surface area contributed by atoms with Gasteiger partial charge >= 0.3 is 5.97 Å². The van der Waals surface area contributed by atoms with Crippen molar-refractivity contribution in [2.24, 2.45) is 0 Å². The summed E-state index contributed by atoms with van der Waals surface area (Å²) in [5.74, 6) is 0.479. The van der Waals surface area contributed by atoms with E-state index in [2.05, 4.69) is 4.98 Å². The van der Waals surface area contributed by atoms with Crippen molar-refractivity contribution >= 4 is 40.1 Å². The molecule has 7 heteroatoms. The molecule has 3 aromatic rings. The number of nitrogens with zero attached hydrogens (tertiary/aromatic N) is 1. The van der Waals surface area contributed by atoms with Gasteiger partial charge < -0.3 is 14.2 Å². The Bertz CT molecular complexity index is 982. The Morgan fingerprint density at radius 2 is 1.62 bits per heavy atom. The summed E-state index contributed by atoms with van der Waals surface area (Å²) in [6.07, 6.45) is 0. The van der Waals surface area contributed by atoms with Crippen LogP contribution in [-0.2, 0) is 0 Å². The molecule has 0 saturated heterocycles. The maximum atomic E-state index is 12.7. The predicted molar refractivity (Wildman–Crippen MR) is 101 cm³/mol. The van der Waals surface area contributed by atoms with Crippen molar-refractivity contribution in [1.29, 1.82) is 0 Å². The molecule has 0 radical (unpaired) electrons. The Hall–Kier alpha value is -2.50. The minimum Gasteiger partial charge on any atom is -0.497 e. The Balaban J connectivity index is 2.06. The molecule has 0 spiro atoms. The second-order valence-corrected chi connectivity index (χ2v) is 6.32. The number of carbonyl (C=O) groups is 1. The van der Waals surface area contributed by atoms with Crippen LogP contribution in [0.1, 0.15) is 16.1 Å². The number of methoxy groups -OCH3 is 2. The molecule has 0 saturated carbocycles. The number of halogens is 2. The minimum atomic E-state index is -0.615. The van der Waals surface area contributed by atoms with Gasteiger partial charge in [-0.3, -0.25) is 0 Å². The summed E-state index contributed by atoms with van der Waals surface area (Å²) in [6.45, 7) is 1.83. The molecule has 0 aliphatic rings. The second kappa shape index (κ2) is 7.40. The molecule has 0 atom stereocenters. The molecular formula is C19H15Cl2NO4. The zero-order valence-corrected chi connectivity index (χ0v) is 15.8. The lowest BCUT2D eigenvalue weighted by Crippen LogP contribution is -2.10. The second-order valence-electron chi connectivity index (χ2n) is 5.51. The van der Waals surface area contributed by atoms with Crippen molar-refractivity contribution in [2.75, 3.05) is 14.2 Å². The summed E-state index contributed by atoms with van der Waals surface area (Å²) in [6, 6.07) is 9.91. The normalized spacial score (nSPS) is 10.7. The first-order valence-corrected chi connectivity index (χ1v) is 8.39. The molecule has 0 bridgehead atoms. The number of ether oxygens (including phenoxy) is 3. The van der Waals surface area contributed by atoms with Crippen LogP contribution in [0.15, 0.2) is 36.4 Å². The number of rotatable bonds is 4. The van der Waals surface area contributed by atoms with Gasteiger partial charge in [-0.15, -0.1) is 0 Å². The highest BCUT2D eigenvalue weighted by atomic mass is 35.5. The van der Waals surface area contributed by atoms with Gasteiger partial charge in [-0.05, 0) is 37.3 Å². The molecular weight excluding hydrogens is 377 g/mol. The summed E-state index contributed by atoms with van der Waals surface area (Å²) in [5, 5.41) is 1.27. The third-order valence-electron chi connectivity index (χ3n) is 3.76. The van der Waals surface area contributed by atoms with Crippen LogP contribution >= 0.6 is 23.2 Å². The van der Waals surface area contributed by atoms with E-state index in [0.717, 1.165) is 5.69 Å². The van der Waals surface area contributed by atoms with Crippen LogP contribution < -0.4 is 14.2 Å². The van der Waals surface area contributed by atoms with Gasteiger partial charge in [-0.25, -0.2) is 9.78 Å². The van der Waals surface area contributed by atoms with E-state index in [4.69, 9.17) is 37.4 Å². The number of hydrogen-bond acceptors (Lipinski definition) is 5. The molecule has 2 aromatic carbocycles. The van der Waals surface area contributed by atoms with Crippen LogP contribution in [0.2, 0.25) is 10.0 Å². The van der Waals surface area contributed by atoms with Gasteiger partial charge in [-0.2, -0.15) is 0 Å². The molecule has 3 rings (SSSR count). The van der Waals surface area contributed by atoms with Crippen molar-refractivity contribution in [3.8, 4) is 17.2 Å². The van der Waals surface area contributed by atoms with Crippen LogP contribution in [0.3, 0.4) is 0 Å². The quantitative estimate of drug-likeness (QED) is 0.458. The average molecular weight is 392 g/mol. The van der Waals surface area contributed by atoms with Crippen molar-refractivity contribution in [1.82, 2.24) is 4.98 Å². The monoisotopic (exact) mass is 391 g/mol. The van der Waals surface area contributed by atoms with Gasteiger partial charge in [0, 0.05) is 17.1 Å². The maximum Gasteiger partial charge on any atom is 0.343 e. The Morgan fingerprint density at radius 3 is 2.23 bits per heavy atom. The smallest absolute Gasteiger partial charge is 0.343 e. The first kappa shape index (κ1) is 18.3. The van der Waals surface area contributed by atoms with Crippen LogP contribution in [0, 0.1) is 6.92 Å². The molecule has 0 amide bonds. The van der Waals surface area contributed by atoms with Crippen molar-refractivity contribution in [3.63, 3.8) is 0 Å². The van der Waals surface area contributed by atoms with E-state index >= 15 is 0 Å². The minimum absolute atomic E-state index is 0.154. The lowest BCUT2D eigenvalue weighted by atomic mass is 10.1. The molecule has 0 aliphatic heterocycles. The number of carbonyl (C=O) groups excluding carboxylic acids is 1. The summed E-state index contributed by atoms with van der Waals surface area (Å²) in [5.41, 5.74) is 1.43. The van der Waals surface area contributed by atoms with Crippen molar-refractivity contribution in [2.45, 2.75) is 6.92 Å². The average Bonchev–Trinajstić information content (AvgIpc) is 2.64. The molecule has 0 N–H and O–H groups in total. The summed E-state index contributed by atoms with van der Waals surface area (Å²) >= 11 is 12.5. The van der Waals surface area contributed by atoms with Crippen molar-refractivity contribution in [3.05, 3.63) is 57.7 Å². The Kier molecular flexibility index (Phi) is 5.20. The van der Waals surface area contributed by atoms with Crippen LogP contribution in [0.4, 0.5) is 0 Å². The maximum absolute atomic E-state index is 12.7. The number of hydrogen-bond donors (Lipinski definition) is 0. The third kappa shape index (κ3) is 3.54. The van der Waals surface area contributed by atoms with E-state index in [9.17, 15) is 4.79 Å². The molecule has 134 valence electrons. The van der Waals surface area contributed by atoms with Crippen molar-refractivity contribution < 1.29 is 19.0 Å². The molecule has 1 aromatic heterocycles. The fourth-order valence-electron chi connectivity index (χ4n) is 2.46. The molecule has 5 nitrogen and oxygen atoms in total. The van der Waals surface area contributed by atoms with Gasteiger partial charge in [0.15, 0.2) is 5.75 Å². The largest absolute Gasteiger partial charge is 0.497 e. The van der Waals surface area contributed by atoms with E-state index in [0.29, 0.717) is 27.4 Å². The van der Waals surface area contributed by atoms with E-state index in [1.807, 2.05) is 19.1 Å². The zero-order chi connectivity index (χ0) is 18.8. The van der Waals surface area contributed by atoms with E-state index in [1.165, 1.54) is 20.3 Å². The zero-order valence-electron chi connectivity index (χ0n) is 14.3. The highest BCUT2D eigenvalue weighted by Gasteiger charge is 2.19. The SMILES string of the molecule is COc1cc(OC)cc(C(=O)Oc2c(Cl)cc(Cl)c3ccc(C)nc23)c1. The Morgan fingerprint density at radius 1 is 0.962 bits per heavy atom. The highest BCUT2D eigenvalue weighted by molar-refractivity contribution is 6.39. The van der Waals surface area contributed by atoms with Gasteiger partial charge in [0.2, 0.25) is 0 Å². The molecule has 26 heavy (non-hydrogen) atoms. The lowest BCUT2D eigenvalue weighted by molar-refractivity contribution is 0.0736. The molecule has 1 heterocycles. The third-order valence-corrected chi connectivity index (χ3v) is 4.35. The predicted octanol–water partition coefficient (Wildman–Crippen LogP) is 5.09. The fourth-order valence-corrected chi connectivity index (χ4v) is 3.02. The summed E-state index contributed by atoms with van der Waals surface area (Å²) < 4.78 is 15.9. The molecule has 0 aliphatic carbocycles. The Labute approximate surface area is 160 Å². The van der Waals surface area contributed by atoms with E-state index in [-0.39, 0.29) is 16.3 Å². The first-order chi connectivity index (χ1) is 12.4. The van der Waals surface area contributed by atoms with Gasteiger partial charge in [-0.1, -0.05) is 23.2 Å². The fraction of sp³-hybridized carbons (Fsp3) is 0.158. The number of fused-ring (bicyclic) bond motifs is 1. The topological polar surface area (TPSA) is 57.7 Å².